The second kappa shape index (κ2) is 7.98. The molecular formula is C21H24F2N4O3. The number of alkyl halides is 2. The van der Waals surface area contributed by atoms with Crippen LogP contribution in [0.25, 0.3) is 5.65 Å². The SMILES string of the molecule is COc1cc2nc(CCC(C)(C)O)cn2cc1NC(=O)c1cccc(C(C)(F)F)n1. The number of imidazole rings is 1. The van der Waals surface area contributed by atoms with E-state index >= 15 is 0 Å². The lowest BCUT2D eigenvalue weighted by Gasteiger charge is -2.15. The van der Waals surface area contributed by atoms with Crippen molar-refractivity contribution < 1.29 is 23.4 Å². The highest BCUT2D eigenvalue weighted by Gasteiger charge is 2.27. The number of fused-ring (bicyclic) bond motifs is 1. The smallest absolute Gasteiger partial charge is 0.287 e. The molecule has 1 amide bonds. The molecule has 160 valence electrons. The van der Waals surface area contributed by atoms with E-state index in [0.717, 1.165) is 12.6 Å². The van der Waals surface area contributed by atoms with Gasteiger partial charge in [0.05, 0.1) is 18.4 Å². The number of nitrogens with zero attached hydrogens (tertiary/aromatic N) is 3. The summed E-state index contributed by atoms with van der Waals surface area (Å²) in [5, 5.41) is 12.6. The molecule has 7 nitrogen and oxygen atoms in total. The quantitative estimate of drug-likeness (QED) is 0.609. The van der Waals surface area contributed by atoms with Crippen LogP contribution in [0.15, 0.2) is 36.7 Å². The number of aromatic nitrogens is 3. The van der Waals surface area contributed by atoms with E-state index in [4.69, 9.17) is 4.74 Å². The molecule has 3 heterocycles. The van der Waals surface area contributed by atoms with Crippen LogP contribution in [-0.2, 0) is 12.3 Å². The molecule has 3 aromatic rings. The third-order valence-corrected chi connectivity index (χ3v) is 4.50. The summed E-state index contributed by atoms with van der Waals surface area (Å²) in [6.07, 6.45) is 4.55. The fourth-order valence-electron chi connectivity index (χ4n) is 2.88. The topological polar surface area (TPSA) is 88.8 Å². The van der Waals surface area contributed by atoms with Gasteiger partial charge in [0.1, 0.15) is 28.5 Å². The Labute approximate surface area is 172 Å². The van der Waals surface area contributed by atoms with Crippen molar-refractivity contribution in [1.82, 2.24) is 14.4 Å². The number of amides is 1. The van der Waals surface area contributed by atoms with Gasteiger partial charge in [-0.1, -0.05) is 6.07 Å². The number of methoxy groups -OCH3 is 1. The first kappa shape index (κ1) is 21.6. The van der Waals surface area contributed by atoms with Gasteiger partial charge in [0.2, 0.25) is 0 Å². The van der Waals surface area contributed by atoms with E-state index in [1.165, 1.54) is 25.3 Å². The summed E-state index contributed by atoms with van der Waals surface area (Å²) >= 11 is 0. The van der Waals surface area contributed by atoms with Crippen LogP contribution < -0.4 is 10.1 Å². The minimum atomic E-state index is -3.15. The largest absolute Gasteiger partial charge is 0.494 e. The van der Waals surface area contributed by atoms with Crippen LogP contribution in [0, 0.1) is 0 Å². The van der Waals surface area contributed by atoms with Gasteiger partial charge >= 0.3 is 0 Å². The maximum atomic E-state index is 13.5. The van der Waals surface area contributed by atoms with Gasteiger partial charge in [-0.15, -0.1) is 0 Å². The fraction of sp³-hybridized carbons (Fsp3) is 0.381. The Hall–Kier alpha value is -3.07. The maximum absolute atomic E-state index is 13.5. The summed E-state index contributed by atoms with van der Waals surface area (Å²) in [6.45, 7) is 4.19. The molecule has 0 saturated heterocycles. The number of aryl methyl sites for hydroxylation is 1. The molecule has 0 aliphatic carbocycles. The molecule has 9 heteroatoms. The van der Waals surface area contributed by atoms with Crippen LogP contribution in [0.2, 0.25) is 0 Å². The highest BCUT2D eigenvalue weighted by molar-refractivity contribution is 6.03. The van der Waals surface area contributed by atoms with Crippen molar-refractivity contribution in [2.24, 2.45) is 0 Å². The van der Waals surface area contributed by atoms with E-state index in [2.05, 4.69) is 15.3 Å². The highest BCUT2D eigenvalue weighted by atomic mass is 19.3. The van der Waals surface area contributed by atoms with Gasteiger partial charge in [0.25, 0.3) is 11.8 Å². The molecule has 0 aliphatic heterocycles. The average molecular weight is 418 g/mol. The molecule has 0 aromatic carbocycles. The molecule has 0 spiro atoms. The second-order valence-corrected chi connectivity index (χ2v) is 7.82. The van der Waals surface area contributed by atoms with Crippen molar-refractivity contribution in [3.05, 3.63) is 53.7 Å². The van der Waals surface area contributed by atoms with Crippen molar-refractivity contribution in [3.8, 4) is 5.75 Å². The molecule has 2 N–H and O–H groups in total. The monoisotopic (exact) mass is 418 g/mol. The number of hydrogen-bond donors (Lipinski definition) is 2. The number of rotatable bonds is 7. The molecule has 0 unspecified atom stereocenters. The van der Waals surface area contributed by atoms with Crippen molar-refractivity contribution in [2.45, 2.75) is 45.1 Å². The first-order chi connectivity index (χ1) is 14.0. The Morgan fingerprint density at radius 2 is 1.97 bits per heavy atom. The lowest BCUT2D eigenvalue weighted by Crippen LogP contribution is -2.19. The fourth-order valence-corrected chi connectivity index (χ4v) is 2.88. The van der Waals surface area contributed by atoms with E-state index in [1.807, 2.05) is 0 Å². The second-order valence-electron chi connectivity index (χ2n) is 7.82. The van der Waals surface area contributed by atoms with Gasteiger partial charge in [-0.05, 0) is 38.8 Å². The Balaban J connectivity index is 1.87. The third-order valence-electron chi connectivity index (χ3n) is 4.50. The number of aliphatic hydroxyl groups is 1. The molecule has 30 heavy (non-hydrogen) atoms. The standard InChI is InChI=1S/C21H24F2N4O3/c1-20(2,29)9-8-13-11-27-12-15(16(30-4)10-18(27)24-13)26-19(28)14-6-5-7-17(25-14)21(3,22)23/h5-7,10-12,29H,8-9H2,1-4H3,(H,26,28). The lowest BCUT2D eigenvalue weighted by molar-refractivity contribution is 0.0126. The van der Waals surface area contributed by atoms with Crippen molar-refractivity contribution in [1.29, 1.82) is 0 Å². The summed E-state index contributed by atoms with van der Waals surface area (Å²) < 4.78 is 34.1. The van der Waals surface area contributed by atoms with Crippen LogP contribution in [-0.4, -0.2) is 38.1 Å². The summed E-state index contributed by atoms with van der Waals surface area (Å²) in [4.78, 5) is 20.9. The Morgan fingerprint density at radius 1 is 1.23 bits per heavy atom. The zero-order chi connectivity index (χ0) is 22.1. The van der Waals surface area contributed by atoms with E-state index in [9.17, 15) is 18.7 Å². The average Bonchev–Trinajstić information content (AvgIpc) is 3.06. The predicted molar refractivity (Wildman–Crippen MR) is 108 cm³/mol. The normalized spacial score (nSPS) is 12.2. The lowest BCUT2D eigenvalue weighted by atomic mass is 10.0. The van der Waals surface area contributed by atoms with E-state index < -0.39 is 23.1 Å². The van der Waals surface area contributed by atoms with E-state index in [1.54, 1.807) is 36.7 Å². The minimum absolute atomic E-state index is 0.132. The van der Waals surface area contributed by atoms with Crippen molar-refractivity contribution >= 4 is 17.2 Å². The van der Waals surface area contributed by atoms with Crippen LogP contribution >= 0.6 is 0 Å². The van der Waals surface area contributed by atoms with Gasteiger partial charge in [0, 0.05) is 25.4 Å². The minimum Gasteiger partial charge on any atom is -0.494 e. The Kier molecular flexibility index (Phi) is 5.76. The molecule has 0 fully saturated rings. The molecule has 3 aromatic heterocycles. The number of halogens is 2. The number of hydrogen-bond acceptors (Lipinski definition) is 5. The number of nitrogens with one attached hydrogen (secondary N) is 1. The summed E-state index contributed by atoms with van der Waals surface area (Å²) in [5.74, 6) is -3.42. The van der Waals surface area contributed by atoms with Crippen LogP contribution in [0.3, 0.4) is 0 Å². The Morgan fingerprint density at radius 3 is 2.60 bits per heavy atom. The van der Waals surface area contributed by atoms with Crippen LogP contribution in [0.1, 0.15) is 49.1 Å². The zero-order valence-electron chi connectivity index (χ0n) is 17.2. The molecule has 0 saturated carbocycles. The van der Waals surface area contributed by atoms with Crippen molar-refractivity contribution in [2.75, 3.05) is 12.4 Å². The van der Waals surface area contributed by atoms with Gasteiger partial charge in [-0.3, -0.25) is 4.79 Å². The van der Waals surface area contributed by atoms with Gasteiger partial charge in [-0.25, -0.2) is 9.97 Å². The van der Waals surface area contributed by atoms with Crippen molar-refractivity contribution in [3.63, 3.8) is 0 Å². The van der Waals surface area contributed by atoms with Crippen LogP contribution in [0.5, 0.6) is 5.75 Å². The summed E-state index contributed by atoms with van der Waals surface area (Å²) in [5.41, 5.74) is 0.320. The molecule has 0 radical (unpaired) electrons. The number of carbonyl (C=O) groups is 1. The number of carbonyl (C=O) groups excluding carboxylic acids is 1. The summed E-state index contributed by atoms with van der Waals surface area (Å²) in [7, 11) is 1.45. The number of ether oxygens (including phenoxy) is 1. The molecule has 0 bridgehead atoms. The highest BCUT2D eigenvalue weighted by Crippen LogP contribution is 2.28. The van der Waals surface area contributed by atoms with Gasteiger partial charge < -0.3 is 19.6 Å². The zero-order valence-corrected chi connectivity index (χ0v) is 17.2. The maximum Gasteiger partial charge on any atom is 0.287 e. The first-order valence-corrected chi connectivity index (χ1v) is 9.41. The van der Waals surface area contributed by atoms with E-state index in [-0.39, 0.29) is 5.69 Å². The van der Waals surface area contributed by atoms with Gasteiger partial charge in [-0.2, -0.15) is 8.78 Å². The molecule has 0 atom stereocenters. The molecular weight excluding hydrogens is 394 g/mol. The van der Waals surface area contributed by atoms with E-state index in [0.29, 0.717) is 29.9 Å². The molecule has 0 aliphatic rings. The number of anilines is 1. The predicted octanol–water partition coefficient (Wildman–Crippen LogP) is 3.81. The molecule has 3 rings (SSSR count). The van der Waals surface area contributed by atoms with Gasteiger partial charge in [0.15, 0.2) is 0 Å². The third kappa shape index (κ3) is 5.10. The van der Waals surface area contributed by atoms with Crippen LogP contribution in [0.4, 0.5) is 14.5 Å². The summed E-state index contributed by atoms with van der Waals surface area (Å²) in [6, 6.07) is 5.55. The first-order valence-electron chi connectivity index (χ1n) is 9.41. The number of pyridine rings is 2. The Bertz CT molecular complexity index is 1070.